The molecule has 0 radical (unpaired) electrons. The number of benzene rings is 3. The molecule has 3 aromatic carbocycles. The van der Waals surface area contributed by atoms with Gasteiger partial charge in [0, 0.05) is 16.9 Å². The number of carbonyl (C=O) groups is 1. The van der Waals surface area contributed by atoms with E-state index in [1.165, 1.54) is 21.2 Å². The molecule has 1 N–H and O–H groups in total. The van der Waals surface area contributed by atoms with E-state index < -0.39 is 10.0 Å². The fourth-order valence-electron chi connectivity index (χ4n) is 3.74. The number of rotatable bonds is 7. The van der Waals surface area contributed by atoms with E-state index in [1.807, 2.05) is 70.2 Å². The minimum Gasteiger partial charge on any atom is -0.321 e. The zero-order chi connectivity index (χ0) is 24.5. The summed E-state index contributed by atoms with van der Waals surface area (Å²) in [5.41, 5.74) is 4.64. The van der Waals surface area contributed by atoms with Gasteiger partial charge in [0.1, 0.15) is 0 Å². The molecule has 34 heavy (non-hydrogen) atoms. The molecule has 0 aliphatic carbocycles. The monoisotopic (exact) mass is 492 g/mol. The van der Waals surface area contributed by atoms with Crippen molar-refractivity contribution in [3.8, 4) is 0 Å². The number of sulfonamides is 1. The maximum atomic E-state index is 13.4. The molecule has 4 rings (SSSR count). The first kappa shape index (κ1) is 24.0. The Morgan fingerprint density at radius 1 is 0.912 bits per heavy atom. The number of hydrogen-bond acceptors (Lipinski definition) is 4. The van der Waals surface area contributed by atoms with E-state index in [-0.39, 0.29) is 10.8 Å². The third-order valence-corrected chi connectivity index (χ3v) is 8.77. The molecule has 0 fully saturated rings. The van der Waals surface area contributed by atoms with Crippen molar-refractivity contribution in [2.75, 3.05) is 16.2 Å². The van der Waals surface area contributed by atoms with E-state index in [1.54, 1.807) is 24.3 Å². The Balaban J connectivity index is 1.65. The number of hydrogen-bond donors (Lipinski definition) is 1. The highest BCUT2D eigenvalue weighted by Crippen LogP contribution is 2.32. The van der Waals surface area contributed by atoms with Crippen LogP contribution in [0.25, 0.3) is 10.1 Å². The molecule has 0 bridgehead atoms. The first-order valence-electron chi connectivity index (χ1n) is 11.2. The quantitative estimate of drug-likeness (QED) is 0.313. The third-order valence-electron chi connectivity index (χ3n) is 5.81. The predicted molar refractivity (Wildman–Crippen MR) is 142 cm³/mol. The number of aryl methyl sites for hydroxylation is 3. The van der Waals surface area contributed by atoms with Gasteiger partial charge < -0.3 is 5.32 Å². The Bertz CT molecular complexity index is 1460. The van der Waals surface area contributed by atoms with E-state index in [0.29, 0.717) is 23.5 Å². The molecule has 0 spiro atoms. The second-order valence-electron chi connectivity index (χ2n) is 8.48. The van der Waals surface area contributed by atoms with Crippen molar-refractivity contribution in [3.63, 3.8) is 0 Å². The Morgan fingerprint density at radius 3 is 2.32 bits per heavy atom. The Labute approximate surface area is 205 Å². The summed E-state index contributed by atoms with van der Waals surface area (Å²) in [6.45, 7) is 8.30. The molecule has 7 heteroatoms. The summed E-state index contributed by atoms with van der Waals surface area (Å²) in [7, 11) is -3.70. The lowest BCUT2D eigenvalue weighted by Gasteiger charge is -2.24. The fourth-order valence-corrected chi connectivity index (χ4v) is 6.23. The number of nitrogens with one attached hydrogen (secondary N) is 1. The van der Waals surface area contributed by atoms with Crippen molar-refractivity contribution in [1.82, 2.24) is 0 Å². The molecule has 0 atom stereocenters. The topological polar surface area (TPSA) is 66.5 Å². The predicted octanol–water partition coefficient (Wildman–Crippen LogP) is 6.68. The molecule has 0 saturated heterocycles. The molecule has 1 heterocycles. The van der Waals surface area contributed by atoms with Gasteiger partial charge in [0.05, 0.1) is 15.5 Å². The van der Waals surface area contributed by atoms with Crippen LogP contribution in [-0.4, -0.2) is 20.9 Å². The molecule has 1 amide bonds. The highest BCUT2D eigenvalue weighted by molar-refractivity contribution is 7.92. The largest absolute Gasteiger partial charge is 0.321 e. The number of thiophene rings is 1. The van der Waals surface area contributed by atoms with Gasteiger partial charge in [-0.25, -0.2) is 8.42 Å². The second-order valence-corrected chi connectivity index (χ2v) is 11.4. The van der Waals surface area contributed by atoms with E-state index in [2.05, 4.69) is 5.32 Å². The van der Waals surface area contributed by atoms with Gasteiger partial charge in [-0.1, -0.05) is 30.7 Å². The summed E-state index contributed by atoms with van der Waals surface area (Å²) in [4.78, 5) is 13.7. The van der Waals surface area contributed by atoms with Crippen molar-refractivity contribution < 1.29 is 13.2 Å². The average molecular weight is 493 g/mol. The van der Waals surface area contributed by atoms with Crippen LogP contribution >= 0.6 is 11.3 Å². The maximum absolute atomic E-state index is 13.4. The van der Waals surface area contributed by atoms with Crippen molar-refractivity contribution in [2.24, 2.45) is 0 Å². The van der Waals surface area contributed by atoms with Crippen LogP contribution in [-0.2, 0) is 10.0 Å². The van der Waals surface area contributed by atoms with Crippen molar-refractivity contribution in [3.05, 3.63) is 88.3 Å². The summed E-state index contributed by atoms with van der Waals surface area (Å²) in [6, 6.07) is 20.1. The van der Waals surface area contributed by atoms with Crippen LogP contribution in [0.3, 0.4) is 0 Å². The first-order chi connectivity index (χ1) is 16.2. The molecule has 1 aromatic heterocycles. The van der Waals surface area contributed by atoms with Crippen molar-refractivity contribution >= 4 is 48.7 Å². The number of fused-ring (bicyclic) bond motifs is 1. The normalized spacial score (nSPS) is 11.5. The van der Waals surface area contributed by atoms with Crippen LogP contribution in [0.5, 0.6) is 0 Å². The number of carbonyl (C=O) groups excluding carboxylic acids is 1. The van der Waals surface area contributed by atoms with E-state index >= 15 is 0 Å². The van der Waals surface area contributed by atoms with Crippen LogP contribution in [0.4, 0.5) is 11.4 Å². The zero-order valence-electron chi connectivity index (χ0n) is 19.8. The number of amides is 1. The van der Waals surface area contributed by atoms with E-state index in [4.69, 9.17) is 0 Å². The average Bonchev–Trinajstić information content (AvgIpc) is 3.24. The van der Waals surface area contributed by atoms with Crippen LogP contribution in [0.15, 0.2) is 71.6 Å². The summed E-state index contributed by atoms with van der Waals surface area (Å²) >= 11 is 1.39. The molecule has 0 saturated carbocycles. The van der Waals surface area contributed by atoms with Gasteiger partial charge in [-0.15, -0.1) is 11.3 Å². The summed E-state index contributed by atoms with van der Waals surface area (Å²) in [6.07, 6.45) is 0.677. The van der Waals surface area contributed by atoms with Gasteiger partial charge in [-0.3, -0.25) is 9.10 Å². The molecular formula is C27H28N2O3S2. The SMILES string of the molecule is CCCN(c1ccc2sc(C(=O)Nc3ccc(C)c(C)c3)cc2c1)S(=O)(=O)c1ccc(C)cc1. The molecule has 4 aromatic rings. The lowest BCUT2D eigenvalue weighted by atomic mass is 10.1. The Hall–Kier alpha value is -3.16. The summed E-state index contributed by atoms with van der Waals surface area (Å²) < 4.78 is 29.2. The Morgan fingerprint density at radius 2 is 1.65 bits per heavy atom. The molecule has 0 unspecified atom stereocenters. The summed E-state index contributed by atoms with van der Waals surface area (Å²) in [5.74, 6) is -0.177. The number of anilines is 2. The highest BCUT2D eigenvalue weighted by Gasteiger charge is 2.25. The van der Waals surface area contributed by atoms with Gasteiger partial charge in [-0.05, 0) is 92.2 Å². The van der Waals surface area contributed by atoms with Gasteiger partial charge in [0.2, 0.25) is 0 Å². The van der Waals surface area contributed by atoms with Crippen LogP contribution in [0.1, 0.15) is 39.7 Å². The fraction of sp³-hybridized carbons (Fsp3) is 0.222. The third kappa shape index (κ3) is 4.86. The first-order valence-corrected chi connectivity index (χ1v) is 13.5. The highest BCUT2D eigenvalue weighted by atomic mass is 32.2. The standard InChI is InChI=1S/C27H28N2O3S2/c1-5-14-29(34(31,32)24-11-6-18(2)7-12-24)23-10-13-25-21(16-23)17-26(33-25)27(30)28-22-9-8-19(3)20(4)15-22/h6-13,15-17H,5,14H2,1-4H3,(H,28,30). The molecular weight excluding hydrogens is 464 g/mol. The zero-order valence-corrected chi connectivity index (χ0v) is 21.4. The van der Waals surface area contributed by atoms with Crippen molar-refractivity contribution in [1.29, 1.82) is 0 Å². The smallest absolute Gasteiger partial charge is 0.265 e. The minimum atomic E-state index is -3.70. The number of nitrogens with zero attached hydrogens (tertiary/aromatic N) is 1. The van der Waals surface area contributed by atoms with Crippen LogP contribution < -0.4 is 9.62 Å². The van der Waals surface area contributed by atoms with E-state index in [9.17, 15) is 13.2 Å². The minimum absolute atomic E-state index is 0.177. The molecule has 0 aliphatic heterocycles. The van der Waals surface area contributed by atoms with Crippen LogP contribution in [0.2, 0.25) is 0 Å². The van der Waals surface area contributed by atoms with Gasteiger partial charge in [-0.2, -0.15) is 0 Å². The van der Waals surface area contributed by atoms with E-state index in [0.717, 1.165) is 26.9 Å². The lowest BCUT2D eigenvalue weighted by Crippen LogP contribution is -2.31. The summed E-state index contributed by atoms with van der Waals surface area (Å²) in [5, 5.41) is 3.80. The van der Waals surface area contributed by atoms with Gasteiger partial charge in [0.25, 0.3) is 15.9 Å². The van der Waals surface area contributed by atoms with Gasteiger partial charge >= 0.3 is 0 Å². The molecule has 0 aliphatic rings. The second kappa shape index (κ2) is 9.60. The maximum Gasteiger partial charge on any atom is 0.265 e. The molecule has 5 nitrogen and oxygen atoms in total. The van der Waals surface area contributed by atoms with Gasteiger partial charge in [0.15, 0.2) is 0 Å². The Kier molecular flexibility index (Phi) is 6.77. The lowest BCUT2D eigenvalue weighted by molar-refractivity contribution is 0.103. The van der Waals surface area contributed by atoms with Crippen molar-refractivity contribution in [2.45, 2.75) is 39.0 Å². The molecule has 176 valence electrons. The van der Waals surface area contributed by atoms with Crippen LogP contribution in [0, 0.1) is 20.8 Å².